The summed E-state index contributed by atoms with van der Waals surface area (Å²) in [6.45, 7) is 9.25. The number of nitrogens with zero attached hydrogens (tertiary/aromatic N) is 1. The fourth-order valence-corrected chi connectivity index (χ4v) is 3.11. The molecule has 3 rings (SSSR count). The molecule has 4 amide bonds. The van der Waals surface area contributed by atoms with E-state index in [9.17, 15) is 14.4 Å². The summed E-state index contributed by atoms with van der Waals surface area (Å²) >= 11 is 0. The van der Waals surface area contributed by atoms with Crippen LogP contribution in [0.15, 0.2) is 60.7 Å². The number of carbonyl (C=O) groups is 3. The van der Waals surface area contributed by atoms with Crippen LogP contribution >= 0.6 is 0 Å². The van der Waals surface area contributed by atoms with Crippen LogP contribution in [0, 0.1) is 6.92 Å². The highest BCUT2D eigenvalue weighted by Crippen LogP contribution is 2.30. The van der Waals surface area contributed by atoms with Crippen LogP contribution in [-0.2, 0) is 15.1 Å². The number of ether oxygens (including phenoxy) is 1. The van der Waals surface area contributed by atoms with Crippen molar-refractivity contribution in [2.45, 2.75) is 26.3 Å². The van der Waals surface area contributed by atoms with Crippen LogP contribution in [0.25, 0.3) is 0 Å². The lowest BCUT2D eigenvalue weighted by Crippen LogP contribution is -2.42. The van der Waals surface area contributed by atoms with Crippen LogP contribution < -0.4 is 15.4 Å². The highest BCUT2D eigenvalue weighted by molar-refractivity contribution is 6.10. The van der Waals surface area contributed by atoms with Gasteiger partial charge >= 0.3 is 6.03 Å². The Morgan fingerprint density at radius 1 is 1.13 bits per heavy atom. The number of imide groups is 1. The second kappa shape index (κ2) is 8.41. The van der Waals surface area contributed by atoms with Crippen molar-refractivity contribution >= 4 is 23.5 Å². The number of benzene rings is 2. The predicted molar refractivity (Wildman–Crippen MR) is 114 cm³/mol. The van der Waals surface area contributed by atoms with E-state index in [1.807, 2.05) is 26.0 Å². The van der Waals surface area contributed by atoms with Crippen molar-refractivity contribution in [1.29, 1.82) is 0 Å². The van der Waals surface area contributed by atoms with Crippen molar-refractivity contribution in [2.75, 3.05) is 18.5 Å². The zero-order chi connectivity index (χ0) is 21.9. The van der Waals surface area contributed by atoms with E-state index in [-0.39, 0.29) is 6.54 Å². The molecule has 30 heavy (non-hydrogen) atoms. The lowest BCUT2D eigenvalue weighted by Gasteiger charge is -2.22. The van der Waals surface area contributed by atoms with Crippen LogP contribution in [0.5, 0.6) is 5.75 Å². The lowest BCUT2D eigenvalue weighted by molar-refractivity contribution is -0.133. The van der Waals surface area contributed by atoms with Gasteiger partial charge in [0.05, 0.1) is 0 Å². The van der Waals surface area contributed by atoms with Gasteiger partial charge in [-0.1, -0.05) is 36.4 Å². The Hall–Kier alpha value is -3.61. The van der Waals surface area contributed by atoms with Crippen molar-refractivity contribution in [3.8, 4) is 5.75 Å². The average molecular weight is 407 g/mol. The van der Waals surface area contributed by atoms with Gasteiger partial charge in [-0.3, -0.25) is 14.5 Å². The average Bonchev–Trinajstić information content (AvgIpc) is 2.92. The molecule has 0 bridgehead atoms. The Morgan fingerprint density at radius 3 is 2.37 bits per heavy atom. The number of amides is 4. The number of nitrogens with one attached hydrogen (secondary N) is 2. The Morgan fingerprint density at radius 2 is 1.77 bits per heavy atom. The minimum absolute atomic E-state index is 0.367. The molecule has 0 aromatic heterocycles. The number of rotatable bonds is 7. The third kappa shape index (κ3) is 4.51. The maximum Gasteiger partial charge on any atom is 0.325 e. The molecular weight excluding hydrogens is 382 g/mol. The van der Waals surface area contributed by atoms with Crippen molar-refractivity contribution < 1.29 is 19.1 Å². The molecule has 0 spiro atoms. The first kappa shape index (κ1) is 21.1. The minimum atomic E-state index is -1.26. The monoisotopic (exact) mass is 407 g/mol. The van der Waals surface area contributed by atoms with Gasteiger partial charge in [-0.15, -0.1) is 0 Å². The number of aryl methyl sites for hydroxylation is 1. The molecular formula is C23H25N3O4. The summed E-state index contributed by atoms with van der Waals surface area (Å²) < 4.78 is 5.57. The minimum Gasteiger partial charge on any atom is -0.489 e. The largest absolute Gasteiger partial charge is 0.489 e. The molecule has 7 heteroatoms. The SMILES string of the molecule is C=C(C)COc1ccc(C2(C)NC(=O)N(CC(=O)Nc3ccc(C)cc3)C2=O)cc1. The zero-order valence-corrected chi connectivity index (χ0v) is 17.3. The molecule has 2 aromatic carbocycles. The van der Waals surface area contributed by atoms with E-state index in [4.69, 9.17) is 4.74 Å². The van der Waals surface area contributed by atoms with E-state index in [1.54, 1.807) is 43.3 Å². The van der Waals surface area contributed by atoms with E-state index < -0.39 is 23.4 Å². The van der Waals surface area contributed by atoms with E-state index in [2.05, 4.69) is 17.2 Å². The summed E-state index contributed by atoms with van der Waals surface area (Å²) in [5, 5.41) is 5.39. The number of carbonyl (C=O) groups excluding carboxylic acids is 3. The first-order chi connectivity index (χ1) is 14.2. The van der Waals surface area contributed by atoms with Crippen LogP contribution in [0.3, 0.4) is 0 Å². The van der Waals surface area contributed by atoms with Gasteiger partial charge < -0.3 is 15.4 Å². The molecule has 1 heterocycles. The Kier molecular flexibility index (Phi) is 5.91. The fraction of sp³-hybridized carbons (Fsp3) is 0.261. The first-order valence-electron chi connectivity index (χ1n) is 9.57. The van der Waals surface area contributed by atoms with Gasteiger partial charge in [-0.05, 0) is 56.2 Å². The summed E-state index contributed by atoms with van der Waals surface area (Å²) in [6.07, 6.45) is 0. The van der Waals surface area contributed by atoms with Crippen LogP contribution in [0.1, 0.15) is 25.0 Å². The van der Waals surface area contributed by atoms with Crippen molar-refractivity contribution in [2.24, 2.45) is 0 Å². The fourth-order valence-electron chi connectivity index (χ4n) is 3.11. The molecule has 0 aliphatic carbocycles. The Bertz CT molecular complexity index is 983. The Balaban J connectivity index is 1.69. The van der Waals surface area contributed by atoms with E-state index >= 15 is 0 Å². The second-order valence-corrected chi connectivity index (χ2v) is 7.63. The highest BCUT2D eigenvalue weighted by Gasteiger charge is 2.49. The lowest BCUT2D eigenvalue weighted by atomic mass is 9.92. The molecule has 7 nitrogen and oxygen atoms in total. The summed E-state index contributed by atoms with van der Waals surface area (Å²) in [5.74, 6) is -0.297. The molecule has 1 fully saturated rings. The maximum atomic E-state index is 13.0. The van der Waals surface area contributed by atoms with Gasteiger partial charge in [-0.25, -0.2) is 4.79 Å². The molecule has 2 aromatic rings. The number of hydrogen-bond donors (Lipinski definition) is 2. The van der Waals surface area contributed by atoms with Gasteiger partial charge in [0.2, 0.25) is 5.91 Å². The predicted octanol–water partition coefficient (Wildman–Crippen LogP) is 3.36. The maximum absolute atomic E-state index is 13.0. The molecule has 1 aliphatic rings. The molecule has 1 aliphatic heterocycles. The molecule has 156 valence electrons. The molecule has 0 saturated carbocycles. The molecule has 1 saturated heterocycles. The summed E-state index contributed by atoms with van der Waals surface area (Å²) in [5.41, 5.74) is 1.90. The number of hydrogen-bond acceptors (Lipinski definition) is 4. The quantitative estimate of drug-likeness (QED) is 0.544. The molecule has 0 radical (unpaired) electrons. The molecule has 2 N–H and O–H groups in total. The second-order valence-electron chi connectivity index (χ2n) is 7.63. The van der Waals surface area contributed by atoms with E-state index in [0.717, 1.165) is 16.0 Å². The van der Waals surface area contributed by atoms with Crippen LogP contribution in [0.2, 0.25) is 0 Å². The third-order valence-electron chi connectivity index (χ3n) is 4.83. The zero-order valence-electron chi connectivity index (χ0n) is 17.3. The summed E-state index contributed by atoms with van der Waals surface area (Å²) in [4.78, 5) is 38.7. The van der Waals surface area contributed by atoms with Crippen LogP contribution in [0.4, 0.5) is 10.5 Å². The van der Waals surface area contributed by atoms with E-state index in [1.165, 1.54) is 0 Å². The standard InChI is InChI=1S/C23H25N3O4/c1-15(2)14-30-19-11-7-17(8-12-19)23(4)21(28)26(22(29)25-23)13-20(27)24-18-9-5-16(3)6-10-18/h5-12H,1,13-14H2,2-4H3,(H,24,27)(H,25,29). The van der Waals surface area contributed by atoms with Crippen molar-refractivity contribution in [3.63, 3.8) is 0 Å². The molecule has 1 atom stereocenters. The van der Waals surface area contributed by atoms with Gasteiger partial charge in [0, 0.05) is 5.69 Å². The van der Waals surface area contributed by atoms with Gasteiger partial charge in [-0.2, -0.15) is 0 Å². The molecule has 1 unspecified atom stereocenters. The van der Waals surface area contributed by atoms with Gasteiger partial charge in [0.1, 0.15) is 24.4 Å². The highest BCUT2D eigenvalue weighted by atomic mass is 16.5. The summed E-state index contributed by atoms with van der Waals surface area (Å²) in [6, 6.07) is 13.6. The first-order valence-corrected chi connectivity index (χ1v) is 9.57. The third-order valence-corrected chi connectivity index (χ3v) is 4.83. The smallest absolute Gasteiger partial charge is 0.325 e. The van der Waals surface area contributed by atoms with E-state index in [0.29, 0.717) is 23.6 Å². The number of anilines is 1. The summed E-state index contributed by atoms with van der Waals surface area (Å²) in [7, 11) is 0. The van der Waals surface area contributed by atoms with Crippen molar-refractivity contribution in [3.05, 3.63) is 71.8 Å². The number of urea groups is 1. The van der Waals surface area contributed by atoms with Gasteiger partial charge in [0.25, 0.3) is 5.91 Å². The van der Waals surface area contributed by atoms with Gasteiger partial charge in [0.15, 0.2) is 0 Å². The normalized spacial score (nSPS) is 18.2. The van der Waals surface area contributed by atoms with Crippen molar-refractivity contribution in [1.82, 2.24) is 10.2 Å². The Labute approximate surface area is 175 Å². The topological polar surface area (TPSA) is 87.7 Å². The van der Waals surface area contributed by atoms with Crippen LogP contribution in [-0.4, -0.2) is 35.9 Å².